The van der Waals surface area contributed by atoms with Gasteiger partial charge in [0.25, 0.3) is 0 Å². The zero-order valence-corrected chi connectivity index (χ0v) is 9.42. The Bertz CT molecular complexity index is 568. The minimum atomic E-state index is -3.39. The smallest absolute Gasteiger partial charge is 0.387 e. The van der Waals surface area contributed by atoms with E-state index in [2.05, 4.69) is 9.47 Å². The Morgan fingerprint density at radius 3 is 2.58 bits per heavy atom. The van der Waals surface area contributed by atoms with Gasteiger partial charge in [0.2, 0.25) is 5.75 Å². The van der Waals surface area contributed by atoms with Crippen molar-refractivity contribution in [3.8, 4) is 11.8 Å². The Kier molecular flexibility index (Phi) is 4.31. The summed E-state index contributed by atoms with van der Waals surface area (Å²) in [5.74, 6) is -2.18. The Hall–Kier alpha value is -2.76. The normalized spacial score (nSPS) is 9.84. The van der Waals surface area contributed by atoms with Gasteiger partial charge in [-0.05, 0) is 6.07 Å². The average molecular weight is 272 g/mol. The van der Waals surface area contributed by atoms with E-state index >= 15 is 0 Å². The number of alkyl halides is 2. The summed E-state index contributed by atoms with van der Waals surface area (Å²) in [5, 5.41) is 19.5. The van der Waals surface area contributed by atoms with Crippen LogP contribution in [0, 0.1) is 21.4 Å². The van der Waals surface area contributed by atoms with Crippen LogP contribution >= 0.6 is 0 Å². The van der Waals surface area contributed by atoms with Crippen molar-refractivity contribution in [3.05, 3.63) is 33.4 Å². The summed E-state index contributed by atoms with van der Waals surface area (Å²) < 4.78 is 32.8. The molecule has 19 heavy (non-hydrogen) atoms. The van der Waals surface area contributed by atoms with Gasteiger partial charge in [-0.1, -0.05) is 0 Å². The highest BCUT2D eigenvalue weighted by Crippen LogP contribution is 2.35. The van der Waals surface area contributed by atoms with Gasteiger partial charge in [0.05, 0.1) is 17.6 Å². The molecule has 1 aromatic carbocycles. The molecule has 0 spiro atoms. The number of nitrogens with zero attached hydrogens (tertiary/aromatic N) is 2. The second kappa shape index (κ2) is 5.72. The van der Waals surface area contributed by atoms with Crippen LogP contribution in [-0.4, -0.2) is 24.6 Å². The number of nitro benzene ring substituents is 1. The number of hydrogen-bond donors (Lipinski definition) is 0. The molecule has 0 aliphatic rings. The van der Waals surface area contributed by atoms with Gasteiger partial charge < -0.3 is 9.47 Å². The number of nitro groups is 1. The fourth-order valence-corrected chi connectivity index (χ4v) is 1.32. The molecule has 0 saturated carbocycles. The van der Waals surface area contributed by atoms with Gasteiger partial charge in [-0.25, -0.2) is 4.79 Å². The maximum Gasteiger partial charge on any atom is 0.387 e. The van der Waals surface area contributed by atoms with Gasteiger partial charge in [0.15, 0.2) is 0 Å². The van der Waals surface area contributed by atoms with E-state index in [4.69, 9.17) is 5.26 Å². The predicted octanol–water partition coefficient (Wildman–Crippen LogP) is 1.85. The highest BCUT2D eigenvalue weighted by atomic mass is 19.3. The molecule has 1 rings (SSSR count). The number of ether oxygens (including phenoxy) is 2. The average Bonchev–Trinajstić information content (AvgIpc) is 2.36. The van der Waals surface area contributed by atoms with Gasteiger partial charge >= 0.3 is 18.3 Å². The van der Waals surface area contributed by atoms with E-state index < -0.39 is 34.5 Å². The van der Waals surface area contributed by atoms with E-state index in [9.17, 15) is 23.7 Å². The van der Waals surface area contributed by atoms with Gasteiger partial charge in [-0.2, -0.15) is 14.0 Å². The molecule has 0 aliphatic heterocycles. The Balaban J connectivity index is 3.61. The molecule has 7 nitrogen and oxygen atoms in total. The topological polar surface area (TPSA) is 102 Å². The molecule has 100 valence electrons. The van der Waals surface area contributed by atoms with Crippen LogP contribution in [0.4, 0.5) is 14.5 Å². The second-order valence-corrected chi connectivity index (χ2v) is 3.08. The summed E-state index contributed by atoms with van der Waals surface area (Å²) in [4.78, 5) is 21.2. The van der Waals surface area contributed by atoms with Crippen LogP contribution in [0.25, 0.3) is 0 Å². The van der Waals surface area contributed by atoms with Crippen LogP contribution in [0.5, 0.6) is 5.75 Å². The molecule has 0 radical (unpaired) electrons. The van der Waals surface area contributed by atoms with Gasteiger partial charge in [-0.3, -0.25) is 10.1 Å². The summed E-state index contributed by atoms with van der Waals surface area (Å²) in [6, 6.07) is 3.28. The van der Waals surface area contributed by atoms with Gasteiger partial charge in [0, 0.05) is 6.07 Å². The number of esters is 1. The quantitative estimate of drug-likeness (QED) is 0.470. The third-order valence-corrected chi connectivity index (χ3v) is 2.05. The van der Waals surface area contributed by atoms with Crippen molar-refractivity contribution in [2.45, 2.75) is 6.61 Å². The van der Waals surface area contributed by atoms with E-state index in [-0.39, 0.29) is 5.56 Å². The third-order valence-electron chi connectivity index (χ3n) is 2.05. The van der Waals surface area contributed by atoms with E-state index in [0.717, 1.165) is 19.2 Å². The Labute approximate surface area is 105 Å². The van der Waals surface area contributed by atoms with Crippen LogP contribution in [0.1, 0.15) is 15.9 Å². The minimum absolute atomic E-state index is 0.367. The van der Waals surface area contributed by atoms with Crippen LogP contribution in [-0.2, 0) is 4.74 Å². The molecule has 9 heteroatoms. The van der Waals surface area contributed by atoms with Crippen molar-refractivity contribution in [2.75, 3.05) is 7.11 Å². The summed E-state index contributed by atoms with van der Waals surface area (Å²) in [6.07, 6.45) is 0. The number of hydrogen-bond acceptors (Lipinski definition) is 6. The van der Waals surface area contributed by atoms with E-state index in [0.29, 0.717) is 0 Å². The first-order valence-corrected chi connectivity index (χ1v) is 4.67. The number of rotatable bonds is 4. The highest BCUT2D eigenvalue weighted by molar-refractivity contribution is 5.96. The van der Waals surface area contributed by atoms with Crippen molar-refractivity contribution in [1.29, 1.82) is 5.26 Å². The van der Waals surface area contributed by atoms with Crippen LogP contribution < -0.4 is 4.74 Å². The maximum absolute atomic E-state index is 12.3. The predicted molar refractivity (Wildman–Crippen MR) is 55.8 cm³/mol. The first-order valence-electron chi connectivity index (χ1n) is 4.67. The molecule has 0 N–H and O–H groups in total. The lowest BCUT2D eigenvalue weighted by Gasteiger charge is -2.10. The molecule has 0 amide bonds. The molecule has 0 heterocycles. The van der Waals surface area contributed by atoms with Crippen molar-refractivity contribution in [1.82, 2.24) is 0 Å². The second-order valence-electron chi connectivity index (χ2n) is 3.08. The molecule has 0 saturated heterocycles. The zero-order valence-electron chi connectivity index (χ0n) is 9.42. The zero-order chi connectivity index (χ0) is 14.6. The SMILES string of the molecule is COC(=O)c1c(C#N)ccc([N+](=O)[O-])c1OC(F)F. The first-order chi connectivity index (χ1) is 8.92. The molecule has 0 atom stereocenters. The molecule has 1 aromatic rings. The Morgan fingerprint density at radius 2 is 2.16 bits per heavy atom. The lowest BCUT2D eigenvalue weighted by Crippen LogP contribution is -2.13. The summed E-state index contributed by atoms with van der Waals surface area (Å²) in [7, 11) is 0.939. The largest absolute Gasteiger partial charge is 0.465 e. The number of benzene rings is 1. The number of nitriles is 1. The molecular weight excluding hydrogens is 266 g/mol. The van der Waals surface area contributed by atoms with Crippen molar-refractivity contribution < 1.29 is 28.0 Å². The fraction of sp³-hybridized carbons (Fsp3) is 0.200. The van der Waals surface area contributed by atoms with Crippen molar-refractivity contribution >= 4 is 11.7 Å². The first kappa shape index (κ1) is 14.3. The summed E-state index contributed by atoms with van der Waals surface area (Å²) in [5.41, 5.74) is -1.94. The van der Waals surface area contributed by atoms with Crippen LogP contribution in [0.2, 0.25) is 0 Å². The van der Waals surface area contributed by atoms with Crippen LogP contribution in [0.15, 0.2) is 12.1 Å². The molecular formula is C10H6F2N2O5. The molecule has 0 bridgehead atoms. The monoisotopic (exact) mass is 272 g/mol. The fourth-order valence-electron chi connectivity index (χ4n) is 1.32. The number of halogens is 2. The van der Waals surface area contributed by atoms with E-state index in [1.165, 1.54) is 0 Å². The van der Waals surface area contributed by atoms with Gasteiger partial charge in [0.1, 0.15) is 11.6 Å². The lowest BCUT2D eigenvalue weighted by molar-refractivity contribution is -0.386. The molecule has 0 aromatic heterocycles. The molecule has 0 fully saturated rings. The standard InChI is InChI=1S/C10H6F2N2O5/c1-18-9(15)7-5(4-13)2-3-6(14(16)17)8(7)19-10(11)12/h2-3,10H,1H3. The number of carbonyl (C=O) groups is 1. The highest BCUT2D eigenvalue weighted by Gasteiger charge is 2.29. The Morgan fingerprint density at radius 1 is 1.53 bits per heavy atom. The number of methoxy groups -OCH3 is 1. The number of carbonyl (C=O) groups excluding carboxylic acids is 1. The molecule has 0 aliphatic carbocycles. The maximum atomic E-state index is 12.3. The summed E-state index contributed by atoms with van der Waals surface area (Å²) >= 11 is 0. The van der Waals surface area contributed by atoms with Crippen molar-refractivity contribution in [2.24, 2.45) is 0 Å². The minimum Gasteiger partial charge on any atom is -0.465 e. The van der Waals surface area contributed by atoms with E-state index in [1.54, 1.807) is 6.07 Å². The van der Waals surface area contributed by atoms with Gasteiger partial charge in [-0.15, -0.1) is 0 Å². The van der Waals surface area contributed by atoms with E-state index in [1.807, 2.05) is 0 Å². The molecule has 0 unspecified atom stereocenters. The summed E-state index contributed by atoms with van der Waals surface area (Å²) in [6.45, 7) is -3.39. The van der Waals surface area contributed by atoms with Crippen molar-refractivity contribution in [3.63, 3.8) is 0 Å². The lowest BCUT2D eigenvalue weighted by atomic mass is 10.1. The third kappa shape index (κ3) is 2.92. The van der Waals surface area contributed by atoms with Crippen LogP contribution in [0.3, 0.4) is 0 Å².